The summed E-state index contributed by atoms with van der Waals surface area (Å²) >= 11 is 6.40. The van der Waals surface area contributed by atoms with Crippen LogP contribution in [0.4, 0.5) is 0 Å². The molecule has 0 radical (unpaired) electrons. The second-order valence-corrected chi connectivity index (χ2v) is 6.73. The fourth-order valence-corrected chi connectivity index (χ4v) is 3.35. The first kappa shape index (κ1) is 18.9. The molecule has 1 aliphatic heterocycles. The maximum Gasteiger partial charge on any atom is 0.266 e. The van der Waals surface area contributed by atoms with E-state index in [2.05, 4.69) is 10.9 Å². The lowest BCUT2D eigenvalue weighted by Gasteiger charge is -2.14. The van der Waals surface area contributed by atoms with Crippen LogP contribution in [-0.2, 0) is 14.4 Å². The third-order valence-electron chi connectivity index (χ3n) is 3.24. The van der Waals surface area contributed by atoms with Gasteiger partial charge >= 0.3 is 0 Å². The van der Waals surface area contributed by atoms with Gasteiger partial charge in [0.25, 0.3) is 5.91 Å². The molecule has 0 bridgehead atoms. The summed E-state index contributed by atoms with van der Waals surface area (Å²) in [5.74, 6) is -0.382. The van der Waals surface area contributed by atoms with Gasteiger partial charge in [-0.05, 0) is 12.1 Å². The summed E-state index contributed by atoms with van der Waals surface area (Å²) in [6, 6.07) is 7.34. The van der Waals surface area contributed by atoms with Crippen molar-refractivity contribution in [3.05, 3.63) is 34.7 Å². The van der Waals surface area contributed by atoms with Gasteiger partial charge in [0.15, 0.2) is 0 Å². The zero-order valence-corrected chi connectivity index (χ0v) is 15.3. The van der Waals surface area contributed by atoms with E-state index in [1.54, 1.807) is 19.3 Å². The van der Waals surface area contributed by atoms with E-state index < -0.39 is 5.91 Å². The second kappa shape index (κ2) is 8.63. The maximum absolute atomic E-state index is 12.5. The van der Waals surface area contributed by atoms with Gasteiger partial charge < -0.3 is 4.74 Å². The van der Waals surface area contributed by atoms with E-state index in [4.69, 9.17) is 17.0 Å². The second-order valence-electron chi connectivity index (χ2n) is 5.05. The third kappa shape index (κ3) is 5.04. The molecule has 7 nitrogen and oxygen atoms in total. The van der Waals surface area contributed by atoms with Crippen molar-refractivity contribution in [3.8, 4) is 5.75 Å². The lowest BCUT2D eigenvalue weighted by molar-refractivity contribution is -0.128. The molecule has 0 atom stereocenters. The van der Waals surface area contributed by atoms with Gasteiger partial charge in [0.1, 0.15) is 10.1 Å². The fourth-order valence-electron chi connectivity index (χ4n) is 2.05. The topological polar surface area (TPSA) is 87.7 Å². The molecule has 0 spiro atoms. The number of amides is 3. The summed E-state index contributed by atoms with van der Waals surface area (Å²) in [4.78, 5) is 36.7. The van der Waals surface area contributed by atoms with Gasteiger partial charge in [0.05, 0.1) is 12.0 Å². The number of para-hydroxylation sites is 1. The van der Waals surface area contributed by atoms with Gasteiger partial charge in [-0.15, -0.1) is 0 Å². The van der Waals surface area contributed by atoms with Crippen LogP contribution in [0.1, 0.15) is 18.9 Å². The predicted molar refractivity (Wildman–Crippen MR) is 99.4 cm³/mol. The Morgan fingerprint density at radius 3 is 2.72 bits per heavy atom. The SMILES string of the molecule is COc1ccccc1/C=C1\SC(=S)N(CCC(=O)NNC(C)=O)C1=O. The number of benzene rings is 1. The molecule has 0 saturated carbocycles. The summed E-state index contributed by atoms with van der Waals surface area (Å²) < 4.78 is 5.66. The zero-order valence-electron chi connectivity index (χ0n) is 13.7. The van der Waals surface area contributed by atoms with Crippen molar-refractivity contribution in [2.75, 3.05) is 13.7 Å². The number of carbonyl (C=O) groups excluding carboxylic acids is 3. The average Bonchev–Trinajstić information content (AvgIpc) is 2.85. The first-order chi connectivity index (χ1) is 11.9. The van der Waals surface area contributed by atoms with Crippen molar-refractivity contribution in [3.63, 3.8) is 0 Å². The van der Waals surface area contributed by atoms with Crippen molar-refractivity contribution in [1.82, 2.24) is 15.8 Å². The highest BCUT2D eigenvalue weighted by Crippen LogP contribution is 2.34. The molecule has 3 amide bonds. The summed E-state index contributed by atoms with van der Waals surface area (Å²) in [5.41, 5.74) is 5.21. The van der Waals surface area contributed by atoms with Crippen molar-refractivity contribution in [2.45, 2.75) is 13.3 Å². The summed E-state index contributed by atoms with van der Waals surface area (Å²) in [7, 11) is 1.56. The number of methoxy groups -OCH3 is 1. The van der Waals surface area contributed by atoms with Crippen molar-refractivity contribution < 1.29 is 19.1 Å². The Morgan fingerprint density at radius 1 is 1.32 bits per heavy atom. The first-order valence-electron chi connectivity index (χ1n) is 7.36. The molecular formula is C16H17N3O4S2. The van der Waals surface area contributed by atoms with Crippen LogP contribution in [0.5, 0.6) is 5.75 Å². The monoisotopic (exact) mass is 379 g/mol. The van der Waals surface area contributed by atoms with E-state index in [1.165, 1.54) is 23.6 Å². The summed E-state index contributed by atoms with van der Waals surface area (Å²) in [6.07, 6.45) is 1.74. The van der Waals surface area contributed by atoms with Crippen molar-refractivity contribution in [1.29, 1.82) is 0 Å². The van der Waals surface area contributed by atoms with Crippen LogP contribution in [-0.4, -0.2) is 40.6 Å². The summed E-state index contributed by atoms with van der Waals surface area (Å²) in [5, 5.41) is 0. The Morgan fingerprint density at radius 2 is 2.04 bits per heavy atom. The van der Waals surface area contributed by atoms with Crippen molar-refractivity contribution >= 4 is 52.1 Å². The molecule has 1 aromatic carbocycles. The molecule has 1 saturated heterocycles. The highest BCUT2D eigenvalue weighted by molar-refractivity contribution is 8.26. The van der Waals surface area contributed by atoms with Gasteiger partial charge in [-0.3, -0.25) is 30.1 Å². The Hall–Kier alpha value is -2.39. The number of ether oxygens (including phenoxy) is 1. The van der Waals surface area contributed by atoms with E-state index >= 15 is 0 Å². The van der Waals surface area contributed by atoms with Crippen LogP contribution >= 0.6 is 24.0 Å². The number of hydrogen-bond acceptors (Lipinski definition) is 6. The minimum absolute atomic E-state index is 0.0225. The molecule has 2 rings (SSSR count). The molecule has 1 fully saturated rings. The number of carbonyl (C=O) groups is 3. The minimum atomic E-state index is -0.405. The highest BCUT2D eigenvalue weighted by Gasteiger charge is 2.32. The number of nitrogens with zero attached hydrogens (tertiary/aromatic N) is 1. The standard InChI is InChI=1S/C16H17N3O4S2/c1-10(20)17-18-14(21)7-8-19-15(22)13(25-16(19)24)9-11-5-3-4-6-12(11)23-2/h3-6,9H,7-8H2,1-2H3,(H,17,20)(H,18,21)/b13-9-. The molecule has 132 valence electrons. The molecule has 0 aliphatic carbocycles. The van der Waals surface area contributed by atoms with E-state index in [0.29, 0.717) is 15.0 Å². The van der Waals surface area contributed by atoms with Gasteiger partial charge in [-0.25, -0.2) is 0 Å². The van der Waals surface area contributed by atoms with Crippen LogP contribution in [0.15, 0.2) is 29.2 Å². The maximum atomic E-state index is 12.5. The van der Waals surface area contributed by atoms with Crippen LogP contribution in [0.3, 0.4) is 0 Å². The molecule has 9 heteroatoms. The lowest BCUT2D eigenvalue weighted by atomic mass is 10.2. The minimum Gasteiger partial charge on any atom is -0.496 e. The first-order valence-corrected chi connectivity index (χ1v) is 8.58. The number of thiocarbonyl (C=S) groups is 1. The van der Waals surface area contributed by atoms with E-state index in [9.17, 15) is 14.4 Å². The Labute approximate surface area is 154 Å². The number of hydrazine groups is 1. The van der Waals surface area contributed by atoms with Gasteiger partial charge in [-0.1, -0.05) is 42.2 Å². The van der Waals surface area contributed by atoms with E-state index in [1.807, 2.05) is 18.2 Å². The molecule has 0 unspecified atom stereocenters. The van der Waals surface area contributed by atoms with Crippen LogP contribution < -0.4 is 15.6 Å². The van der Waals surface area contributed by atoms with Crippen LogP contribution in [0, 0.1) is 0 Å². The largest absolute Gasteiger partial charge is 0.496 e. The van der Waals surface area contributed by atoms with Crippen LogP contribution in [0.25, 0.3) is 6.08 Å². The van der Waals surface area contributed by atoms with Crippen LogP contribution in [0.2, 0.25) is 0 Å². The third-order valence-corrected chi connectivity index (χ3v) is 4.62. The predicted octanol–water partition coefficient (Wildman–Crippen LogP) is 1.45. The van der Waals surface area contributed by atoms with E-state index in [-0.39, 0.29) is 24.8 Å². The summed E-state index contributed by atoms with van der Waals surface area (Å²) in [6.45, 7) is 1.42. The van der Waals surface area contributed by atoms with Gasteiger partial charge in [-0.2, -0.15) is 0 Å². The number of hydrogen-bond donors (Lipinski definition) is 2. The molecule has 0 aromatic heterocycles. The smallest absolute Gasteiger partial charge is 0.266 e. The Bertz CT molecular complexity index is 749. The zero-order chi connectivity index (χ0) is 18.4. The molecule has 2 N–H and O–H groups in total. The average molecular weight is 379 g/mol. The Balaban J connectivity index is 2.03. The quantitative estimate of drug-likeness (QED) is 0.457. The van der Waals surface area contributed by atoms with Gasteiger partial charge in [0, 0.05) is 25.5 Å². The fraction of sp³-hybridized carbons (Fsp3) is 0.250. The number of thioether (sulfide) groups is 1. The molecule has 1 aliphatic rings. The van der Waals surface area contributed by atoms with Crippen molar-refractivity contribution in [2.24, 2.45) is 0 Å². The molecule has 25 heavy (non-hydrogen) atoms. The lowest BCUT2D eigenvalue weighted by Crippen LogP contribution is -2.42. The van der Waals surface area contributed by atoms with E-state index in [0.717, 1.165) is 5.56 Å². The van der Waals surface area contributed by atoms with Gasteiger partial charge in [0.2, 0.25) is 11.8 Å². The Kier molecular flexibility index (Phi) is 6.54. The number of rotatable bonds is 5. The molecular weight excluding hydrogens is 362 g/mol. The molecule has 1 heterocycles. The normalized spacial score (nSPS) is 15.4. The molecule has 1 aromatic rings. The number of nitrogens with one attached hydrogen (secondary N) is 2. The highest BCUT2D eigenvalue weighted by atomic mass is 32.2.